The van der Waals surface area contributed by atoms with Crippen molar-refractivity contribution < 1.29 is 4.79 Å². The molecule has 1 atom stereocenters. The monoisotopic (exact) mass is 448 g/mol. The molecule has 5 heterocycles. The van der Waals surface area contributed by atoms with E-state index in [1.54, 1.807) is 0 Å². The van der Waals surface area contributed by atoms with Crippen molar-refractivity contribution in [3.63, 3.8) is 0 Å². The lowest BCUT2D eigenvalue weighted by Gasteiger charge is -2.38. The molecule has 2 saturated heterocycles. The second-order valence-corrected chi connectivity index (χ2v) is 9.39. The van der Waals surface area contributed by atoms with Gasteiger partial charge in [-0.15, -0.1) is 0 Å². The minimum atomic E-state index is -0.522. The number of primary amides is 1. The number of piperidine rings is 2. The average molecular weight is 449 g/mol. The van der Waals surface area contributed by atoms with E-state index in [2.05, 4.69) is 41.5 Å². The SMILES string of the molecule is Cc1nc(Nc2ccc(N3CCC(C4CCNCC4)CC3)cn2)nc2c1C(C)C(C(N)=O)=N2. The highest BCUT2D eigenvalue weighted by molar-refractivity contribution is 6.41. The molecule has 4 N–H and O–H groups in total. The Kier molecular flexibility index (Phi) is 5.97. The first-order valence-corrected chi connectivity index (χ1v) is 11.9. The van der Waals surface area contributed by atoms with Gasteiger partial charge in [0.15, 0.2) is 5.82 Å². The molecule has 1 unspecified atom stereocenters. The van der Waals surface area contributed by atoms with Crippen LogP contribution < -0.4 is 21.3 Å². The number of nitrogens with zero attached hydrogens (tertiary/aromatic N) is 5. The molecule has 1 amide bonds. The zero-order valence-electron chi connectivity index (χ0n) is 19.3. The topological polar surface area (TPSA) is 121 Å². The lowest BCUT2D eigenvalue weighted by Crippen LogP contribution is -2.39. The molecule has 0 aromatic carbocycles. The molecule has 0 aliphatic carbocycles. The van der Waals surface area contributed by atoms with Crippen molar-refractivity contribution in [1.29, 1.82) is 0 Å². The van der Waals surface area contributed by atoms with E-state index in [9.17, 15) is 4.79 Å². The number of carbonyl (C=O) groups is 1. The maximum absolute atomic E-state index is 11.6. The molecule has 3 aliphatic heterocycles. The minimum absolute atomic E-state index is 0.192. The van der Waals surface area contributed by atoms with Gasteiger partial charge in [0, 0.05) is 30.3 Å². The number of anilines is 3. The zero-order valence-corrected chi connectivity index (χ0v) is 19.3. The van der Waals surface area contributed by atoms with Gasteiger partial charge in [-0.25, -0.2) is 15.0 Å². The standard InChI is InChI=1S/C24H32N8O/c1-14-20-15(2)28-24(31-23(20)30-21(14)22(25)33)29-19-4-3-18(13-27-19)32-11-7-17(8-12-32)16-5-9-26-10-6-16/h3-4,13-14,16-17,26H,5-12H2,1-2H3,(H2,25,33)(H,27,28,29,31). The van der Waals surface area contributed by atoms with Crippen LogP contribution in [-0.4, -0.2) is 52.7 Å². The third-order valence-corrected chi connectivity index (χ3v) is 7.38. The van der Waals surface area contributed by atoms with Gasteiger partial charge in [0.25, 0.3) is 5.91 Å². The van der Waals surface area contributed by atoms with E-state index in [0.717, 1.165) is 41.9 Å². The van der Waals surface area contributed by atoms with Gasteiger partial charge in [-0.3, -0.25) is 4.79 Å². The molecular formula is C24H32N8O. The summed E-state index contributed by atoms with van der Waals surface area (Å²) in [5.41, 5.74) is 8.56. The van der Waals surface area contributed by atoms with E-state index in [4.69, 9.17) is 5.73 Å². The van der Waals surface area contributed by atoms with Gasteiger partial charge in [0.1, 0.15) is 11.5 Å². The van der Waals surface area contributed by atoms with E-state index < -0.39 is 5.91 Å². The van der Waals surface area contributed by atoms with Crippen LogP contribution in [-0.2, 0) is 4.79 Å². The molecule has 5 rings (SSSR count). The van der Waals surface area contributed by atoms with Gasteiger partial charge in [0.05, 0.1) is 11.9 Å². The number of aromatic nitrogens is 3. The Labute approximate surface area is 194 Å². The fourth-order valence-electron chi connectivity index (χ4n) is 5.54. The number of nitrogens with one attached hydrogen (secondary N) is 2. The summed E-state index contributed by atoms with van der Waals surface area (Å²) in [6.07, 6.45) is 7.09. The van der Waals surface area contributed by atoms with Gasteiger partial charge in [0.2, 0.25) is 5.95 Å². The van der Waals surface area contributed by atoms with E-state index >= 15 is 0 Å². The van der Waals surface area contributed by atoms with E-state index in [0.29, 0.717) is 23.3 Å². The summed E-state index contributed by atoms with van der Waals surface area (Å²) in [4.78, 5) is 32.0. The lowest BCUT2D eigenvalue weighted by molar-refractivity contribution is -0.112. The number of rotatable bonds is 5. The zero-order chi connectivity index (χ0) is 22.9. The minimum Gasteiger partial charge on any atom is -0.370 e. The van der Waals surface area contributed by atoms with Crippen molar-refractivity contribution in [2.75, 3.05) is 36.4 Å². The van der Waals surface area contributed by atoms with Crippen molar-refractivity contribution >= 4 is 34.9 Å². The number of fused-ring (bicyclic) bond motifs is 1. The smallest absolute Gasteiger partial charge is 0.263 e. The Balaban J connectivity index is 1.23. The number of amides is 1. The molecule has 2 aromatic rings. The predicted molar refractivity (Wildman–Crippen MR) is 130 cm³/mol. The van der Waals surface area contributed by atoms with Crippen LogP contribution in [0.15, 0.2) is 23.3 Å². The fourth-order valence-corrected chi connectivity index (χ4v) is 5.54. The van der Waals surface area contributed by atoms with Gasteiger partial charge in [-0.1, -0.05) is 6.92 Å². The quantitative estimate of drug-likeness (QED) is 0.643. The Bertz CT molecular complexity index is 1050. The van der Waals surface area contributed by atoms with Gasteiger partial charge in [-0.2, -0.15) is 4.98 Å². The summed E-state index contributed by atoms with van der Waals surface area (Å²) in [6, 6.07) is 4.06. The number of hydrogen-bond acceptors (Lipinski definition) is 8. The Morgan fingerprint density at radius 3 is 2.52 bits per heavy atom. The number of carbonyl (C=O) groups excluding carboxylic acids is 1. The van der Waals surface area contributed by atoms with Crippen molar-refractivity contribution in [2.24, 2.45) is 22.6 Å². The normalized spacial score (nSPS) is 21.6. The Morgan fingerprint density at radius 1 is 1.12 bits per heavy atom. The van der Waals surface area contributed by atoms with Gasteiger partial charge < -0.3 is 21.3 Å². The third-order valence-electron chi connectivity index (χ3n) is 7.38. The van der Waals surface area contributed by atoms with Crippen LogP contribution in [0.1, 0.15) is 49.8 Å². The number of hydrogen-bond donors (Lipinski definition) is 3. The number of aliphatic imine (C=N–C) groups is 1. The predicted octanol–water partition coefficient (Wildman–Crippen LogP) is 2.81. The molecule has 0 spiro atoms. The molecule has 2 aromatic heterocycles. The van der Waals surface area contributed by atoms with Crippen molar-refractivity contribution in [3.8, 4) is 0 Å². The maximum atomic E-state index is 11.6. The Morgan fingerprint density at radius 2 is 1.85 bits per heavy atom. The number of pyridine rings is 1. The average Bonchev–Trinajstić information content (AvgIpc) is 3.17. The Hall–Kier alpha value is -3.07. The molecule has 9 heteroatoms. The van der Waals surface area contributed by atoms with Crippen molar-refractivity contribution in [1.82, 2.24) is 20.3 Å². The number of nitrogens with two attached hydrogens (primary N) is 1. The van der Waals surface area contributed by atoms with Gasteiger partial charge in [-0.05, 0) is 69.7 Å². The summed E-state index contributed by atoms with van der Waals surface area (Å²) in [5, 5.41) is 6.65. The van der Waals surface area contributed by atoms with Crippen LogP contribution in [0.25, 0.3) is 0 Å². The molecule has 33 heavy (non-hydrogen) atoms. The first-order valence-electron chi connectivity index (χ1n) is 11.9. The fraction of sp³-hybridized carbons (Fsp3) is 0.542. The van der Waals surface area contributed by atoms with E-state index in [1.807, 2.05) is 26.1 Å². The van der Waals surface area contributed by atoms with Crippen molar-refractivity contribution in [2.45, 2.75) is 45.4 Å². The number of aryl methyl sites for hydroxylation is 1. The van der Waals surface area contributed by atoms with Crippen LogP contribution in [0.4, 0.5) is 23.3 Å². The van der Waals surface area contributed by atoms with Gasteiger partial charge >= 0.3 is 0 Å². The maximum Gasteiger partial charge on any atom is 0.263 e. The second-order valence-electron chi connectivity index (χ2n) is 9.39. The summed E-state index contributed by atoms with van der Waals surface area (Å²) >= 11 is 0. The molecule has 2 fully saturated rings. The summed E-state index contributed by atoms with van der Waals surface area (Å²) in [7, 11) is 0. The highest BCUT2D eigenvalue weighted by atomic mass is 16.1. The van der Waals surface area contributed by atoms with E-state index in [-0.39, 0.29) is 5.92 Å². The first kappa shape index (κ1) is 21.8. The first-order chi connectivity index (χ1) is 16.0. The summed E-state index contributed by atoms with van der Waals surface area (Å²) in [6.45, 7) is 8.33. The molecule has 3 aliphatic rings. The van der Waals surface area contributed by atoms with Crippen LogP contribution in [0.5, 0.6) is 0 Å². The molecule has 9 nitrogen and oxygen atoms in total. The summed E-state index contributed by atoms with van der Waals surface area (Å²) < 4.78 is 0. The highest BCUT2D eigenvalue weighted by Crippen LogP contribution is 2.36. The molecule has 0 saturated carbocycles. The summed E-state index contributed by atoms with van der Waals surface area (Å²) in [5.74, 6) is 2.62. The largest absolute Gasteiger partial charge is 0.370 e. The van der Waals surface area contributed by atoms with Crippen LogP contribution in [0, 0.1) is 18.8 Å². The molecule has 174 valence electrons. The van der Waals surface area contributed by atoms with Crippen LogP contribution in [0.3, 0.4) is 0 Å². The van der Waals surface area contributed by atoms with Crippen LogP contribution in [0.2, 0.25) is 0 Å². The third kappa shape index (κ3) is 4.42. The van der Waals surface area contributed by atoms with Crippen molar-refractivity contribution in [3.05, 3.63) is 29.6 Å². The van der Waals surface area contributed by atoms with Crippen LogP contribution >= 0.6 is 0 Å². The lowest BCUT2D eigenvalue weighted by atomic mass is 9.79. The molecule has 0 radical (unpaired) electrons. The molecule has 0 bridgehead atoms. The second kappa shape index (κ2) is 9.05. The highest BCUT2D eigenvalue weighted by Gasteiger charge is 2.31. The molecular weight excluding hydrogens is 416 g/mol. The van der Waals surface area contributed by atoms with E-state index in [1.165, 1.54) is 38.8 Å².